The van der Waals surface area contributed by atoms with E-state index in [9.17, 15) is 4.79 Å². The summed E-state index contributed by atoms with van der Waals surface area (Å²) in [5.74, 6) is 0. The normalized spacial score (nSPS) is 18.0. The van der Waals surface area contributed by atoms with Crippen LogP contribution in [0.15, 0.2) is 0 Å². The molecule has 0 bridgehead atoms. The third-order valence-electron chi connectivity index (χ3n) is 1.30. The maximum Gasteiger partial charge on any atom is 1.00 e. The number of carbonyl (C=O) groups excluding carboxylic acids is 1. The van der Waals surface area contributed by atoms with Crippen LogP contribution >= 0.6 is 0 Å². The summed E-state index contributed by atoms with van der Waals surface area (Å²) < 4.78 is 4.60. The van der Waals surface area contributed by atoms with Crippen molar-refractivity contribution in [3.8, 4) is 0 Å². The minimum absolute atomic E-state index is 0. The molecule has 3 heteroatoms. The molecule has 1 fully saturated rings. The molecule has 0 aromatic rings. The van der Waals surface area contributed by atoms with Crippen LogP contribution in [-0.2, 0) is 9.53 Å². The molecule has 0 heterocycles. The molecule has 1 saturated carbocycles. The van der Waals surface area contributed by atoms with Gasteiger partial charge in [0, 0.05) is 0 Å². The summed E-state index contributed by atoms with van der Waals surface area (Å²) in [6.07, 6.45) is 3.62. The zero-order chi connectivity index (χ0) is 5.11. The zero-order valence-corrected chi connectivity index (χ0v) is 7.09. The number of carbonyl (C=O) groups is 1. The molecular weight excluding hydrogens is 115 g/mol. The molecular formula is C5H9NaO2. The average molecular weight is 124 g/mol. The van der Waals surface area contributed by atoms with Crippen LogP contribution in [0.2, 0.25) is 0 Å². The predicted octanol–water partition coefficient (Wildman–Crippen LogP) is -2.17. The second-order valence-corrected chi connectivity index (χ2v) is 1.79. The predicted molar refractivity (Wildman–Crippen MR) is 25.9 cm³/mol. The second kappa shape index (κ2) is 4.36. The van der Waals surface area contributed by atoms with Gasteiger partial charge in [0.2, 0.25) is 0 Å². The summed E-state index contributed by atoms with van der Waals surface area (Å²) in [5.41, 5.74) is 0. The van der Waals surface area contributed by atoms with Crippen molar-refractivity contribution in [3.05, 3.63) is 0 Å². The van der Waals surface area contributed by atoms with Crippen LogP contribution in [0.4, 0.5) is 0 Å². The van der Waals surface area contributed by atoms with Gasteiger partial charge in [0.25, 0.3) is 6.47 Å². The van der Waals surface area contributed by atoms with Gasteiger partial charge in [-0.1, -0.05) is 0 Å². The second-order valence-electron chi connectivity index (χ2n) is 1.79. The smallest absolute Gasteiger partial charge is 1.00 e. The average Bonchev–Trinajstić information content (AvgIpc) is 1.55. The van der Waals surface area contributed by atoms with Crippen molar-refractivity contribution in [3.63, 3.8) is 0 Å². The first kappa shape index (κ1) is 8.47. The summed E-state index contributed by atoms with van der Waals surface area (Å²) in [6, 6.07) is 0. The van der Waals surface area contributed by atoms with Gasteiger partial charge in [0.15, 0.2) is 0 Å². The van der Waals surface area contributed by atoms with Crippen molar-refractivity contribution in [1.29, 1.82) is 0 Å². The zero-order valence-electron chi connectivity index (χ0n) is 6.09. The fourth-order valence-electron chi connectivity index (χ4n) is 0.585. The van der Waals surface area contributed by atoms with Crippen molar-refractivity contribution >= 4 is 6.47 Å². The van der Waals surface area contributed by atoms with E-state index in [1.54, 1.807) is 0 Å². The molecule has 0 aromatic carbocycles. The molecule has 1 aliphatic rings. The Balaban J connectivity index is 0. The summed E-state index contributed by atoms with van der Waals surface area (Å²) in [6.45, 7) is 0.532. The molecule has 0 amide bonds. The minimum Gasteiger partial charge on any atom is -1.00 e. The fraction of sp³-hybridized carbons (Fsp3) is 0.800. The van der Waals surface area contributed by atoms with E-state index < -0.39 is 0 Å². The molecule has 0 saturated heterocycles. The standard InChI is InChI=1S/C5H8O2.Na.H/c6-4-7-5-2-1-3-5;;/h4-5H,1-3H2;;/q;+1;-1. The van der Waals surface area contributed by atoms with E-state index in [0.717, 1.165) is 12.8 Å². The van der Waals surface area contributed by atoms with E-state index in [0.29, 0.717) is 6.47 Å². The number of hydrogen-bond donors (Lipinski definition) is 0. The first-order chi connectivity index (χ1) is 3.43. The molecule has 0 spiro atoms. The van der Waals surface area contributed by atoms with Gasteiger partial charge in [-0.05, 0) is 19.3 Å². The Kier molecular flexibility index (Phi) is 4.61. The largest absolute Gasteiger partial charge is 1.00 e. The van der Waals surface area contributed by atoms with Crippen molar-refractivity contribution in [2.45, 2.75) is 25.4 Å². The van der Waals surface area contributed by atoms with Crippen molar-refractivity contribution in [2.24, 2.45) is 0 Å². The molecule has 42 valence electrons. The van der Waals surface area contributed by atoms with Crippen molar-refractivity contribution in [2.75, 3.05) is 0 Å². The van der Waals surface area contributed by atoms with Gasteiger partial charge >= 0.3 is 29.6 Å². The van der Waals surface area contributed by atoms with Gasteiger partial charge in [-0.25, -0.2) is 0 Å². The number of hydrogen-bond acceptors (Lipinski definition) is 2. The molecule has 0 aromatic heterocycles. The molecule has 8 heavy (non-hydrogen) atoms. The molecule has 1 aliphatic carbocycles. The van der Waals surface area contributed by atoms with Crippen LogP contribution in [0.3, 0.4) is 0 Å². The maximum atomic E-state index is 9.59. The Morgan fingerprint density at radius 1 is 1.62 bits per heavy atom. The van der Waals surface area contributed by atoms with E-state index in [2.05, 4.69) is 4.74 Å². The Hall–Kier alpha value is 0.470. The van der Waals surface area contributed by atoms with Crippen LogP contribution in [0.25, 0.3) is 0 Å². The van der Waals surface area contributed by atoms with Crippen LogP contribution in [-0.4, -0.2) is 12.6 Å². The molecule has 0 aliphatic heterocycles. The minimum atomic E-state index is 0. The van der Waals surface area contributed by atoms with Gasteiger partial charge in [-0.2, -0.15) is 0 Å². The topological polar surface area (TPSA) is 26.3 Å². The molecule has 0 unspecified atom stereocenters. The van der Waals surface area contributed by atoms with Gasteiger partial charge < -0.3 is 6.16 Å². The third-order valence-corrected chi connectivity index (χ3v) is 1.30. The monoisotopic (exact) mass is 124 g/mol. The summed E-state index contributed by atoms with van der Waals surface area (Å²) in [4.78, 5) is 9.59. The Labute approximate surface area is 72.4 Å². The van der Waals surface area contributed by atoms with Gasteiger partial charge in [0.1, 0.15) is 6.10 Å². The molecule has 1 rings (SSSR count). The van der Waals surface area contributed by atoms with Crippen LogP contribution in [0.5, 0.6) is 0 Å². The van der Waals surface area contributed by atoms with Crippen LogP contribution in [0.1, 0.15) is 20.7 Å². The first-order valence-corrected chi connectivity index (χ1v) is 2.52. The first-order valence-electron chi connectivity index (χ1n) is 2.52. The van der Waals surface area contributed by atoms with E-state index in [1.165, 1.54) is 6.42 Å². The van der Waals surface area contributed by atoms with Crippen molar-refractivity contribution in [1.82, 2.24) is 0 Å². The van der Waals surface area contributed by atoms with Crippen LogP contribution in [0, 0.1) is 0 Å². The van der Waals surface area contributed by atoms with E-state index in [4.69, 9.17) is 0 Å². The fourth-order valence-corrected chi connectivity index (χ4v) is 0.585. The van der Waals surface area contributed by atoms with E-state index in [-0.39, 0.29) is 37.1 Å². The van der Waals surface area contributed by atoms with E-state index in [1.807, 2.05) is 0 Å². The molecule has 0 radical (unpaired) electrons. The number of ether oxygens (including phenoxy) is 1. The van der Waals surface area contributed by atoms with Gasteiger partial charge in [-0.15, -0.1) is 0 Å². The van der Waals surface area contributed by atoms with E-state index >= 15 is 0 Å². The Morgan fingerprint density at radius 2 is 2.25 bits per heavy atom. The third kappa shape index (κ3) is 2.16. The van der Waals surface area contributed by atoms with Gasteiger partial charge in [-0.3, -0.25) is 4.79 Å². The summed E-state index contributed by atoms with van der Waals surface area (Å²) in [7, 11) is 0. The van der Waals surface area contributed by atoms with Crippen LogP contribution < -0.4 is 29.6 Å². The SMILES string of the molecule is O=COC1CCC1.[H-].[Na+]. The summed E-state index contributed by atoms with van der Waals surface area (Å²) in [5, 5.41) is 0. The molecule has 0 atom stereocenters. The maximum absolute atomic E-state index is 9.59. The molecule has 0 N–H and O–H groups in total. The Bertz CT molecular complexity index is 75.4. The number of rotatable bonds is 2. The Morgan fingerprint density at radius 3 is 2.38 bits per heavy atom. The molecule has 2 nitrogen and oxygen atoms in total. The quantitative estimate of drug-likeness (QED) is 0.309. The summed E-state index contributed by atoms with van der Waals surface area (Å²) >= 11 is 0. The van der Waals surface area contributed by atoms with Gasteiger partial charge in [0.05, 0.1) is 0 Å². The van der Waals surface area contributed by atoms with Crippen molar-refractivity contribution < 1.29 is 40.5 Å².